The van der Waals surface area contributed by atoms with Gasteiger partial charge in [-0.05, 0) is 38.0 Å². The lowest BCUT2D eigenvalue weighted by molar-refractivity contribution is 0.544. The summed E-state index contributed by atoms with van der Waals surface area (Å²) < 4.78 is 26.9. The zero-order valence-corrected chi connectivity index (χ0v) is 12.4. The highest BCUT2D eigenvalue weighted by molar-refractivity contribution is 7.89. The fourth-order valence-electron chi connectivity index (χ4n) is 1.74. The Balaban J connectivity index is 3.06. The summed E-state index contributed by atoms with van der Waals surface area (Å²) in [5.41, 5.74) is 6.61. The second-order valence-electron chi connectivity index (χ2n) is 4.45. The van der Waals surface area contributed by atoms with E-state index in [-0.39, 0.29) is 16.6 Å². The molecule has 0 amide bonds. The minimum atomic E-state index is -3.53. The minimum absolute atomic E-state index is 0.0998. The van der Waals surface area contributed by atoms with Crippen LogP contribution in [0.4, 0.5) is 5.69 Å². The number of aryl methyl sites for hydroxylation is 1. The Morgan fingerprint density at radius 1 is 1.44 bits per heavy atom. The largest absolute Gasteiger partial charge is 0.397 e. The van der Waals surface area contributed by atoms with E-state index < -0.39 is 10.0 Å². The summed E-state index contributed by atoms with van der Waals surface area (Å²) in [7, 11) is -3.53. The molecule has 6 heteroatoms. The molecule has 0 aliphatic rings. The van der Waals surface area contributed by atoms with Gasteiger partial charge in [-0.25, -0.2) is 13.1 Å². The molecule has 0 bridgehead atoms. The molecule has 102 valence electrons. The first-order chi connectivity index (χ1) is 8.27. The van der Waals surface area contributed by atoms with Crippen molar-refractivity contribution in [3.05, 3.63) is 22.7 Å². The number of benzene rings is 1. The fourth-order valence-corrected chi connectivity index (χ4v) is 3.25. The highest BCUT2D eigenvalue weighted by atomic mass is 35.5. The number of rotatable bonds is 5. The topological polar surface area (TPSA) is 72.2 Å². The SMILES string of the molecule is CCCC(C)NS(=O)(=O)c1cc(C)c(Cl)c(N)c1. The first kappa shape index (κ1) is 15.3. The summed E-state index contributed by atoms with van der Waals surface area (Å²) in [6.07, 6.45) is 1.72. The van der Waals surface area contributed by atoms with Crippen LogP contribution in [0.25, 0.3) is 0 Å². The van der Waals surface area contributed by atoms with Gasteiger partial charge in [-0.15, -0.1) is 0 Å². The molecule has 0 saturated heterocycles. The van der Waals surface area contributed by atoms with Gasteiger partial charge in [-0.3, -0.25) is 0 Å². The molecule has 0 heterocycles. The van der Waals surface area contributed by atoms with Crippen molar-refractivity contribution in [1.29, 1.82) is 0 Å². The van der Waals surface area contributed by atoms with E-state index in [2.05, 4.69) is 4.72 Å². The average molecular weight is 291 g/mol. The Morgan fingerprint density at radius 2 is 2.06 bits per heavy atom. The Morgan fingerprint density at radius 3 is 2.56 bits per heavy atom. The third kappa shape index (κ3) is 3.60. The van der Waals surface area contributed by atoms with Gasteiger partial charge in [0.25, 0.3) is 0 Å². The second-order valence-corrected chi connectivity index (χ2v) is 6.55. The molecule has 0 radical (unpaired) electrons. The maximum Gasteiger partial charge on any atom is 0.240 e. The lowest BCUT2D eigenvalue weighted by atomic mass is 10.2. The number of sulfonamides is 1. The maximum atomic E-state index is 12.1. The normalized spacial score (nSPS) is 13.6. The summed E-state index contributed by atoms with van der Waals surface area (Å²) in [6, 6.07) is 2.81. The molecule has 18 heavy (non-hydrogen) atoms. The Bertz CT molecular complexity index is 506. The van der Waals surface area contributed by atoms with Crippen LogP contribution < -0.4 is 10.5 Å². The van der Waals surface area contributed by atoms with Crippen LogP contribution >= 0.6 is 11.6 Å². The van der Waals surface area contributed by atoms with Crippen LogP contribution in [0, 0.1) is 6.92 Å². The molecule has 3 N–H and O–H groups in total. The van der Waals surface area contributed by atoms with E-state index in [0.29, 0.717) is 10.6 Å². The average Bonchev–Trinajstić information content (AvgIpc) is 2.24. The number of nitrogens with two attached hydrogens (primary N) is 1. The number of hydrogen-bond donors (Lipinski definition) is 2. The highest BCUT2D eigenvalue weighted by Crippen LogP contribution is 2.26. The van der Waals surface area contributed by atoms with Gasteiger partial charge < -0.3 is 5.73 Å². The van der Waals surface area contributed by atoms with Crippen LogP contribution in [0.3, 0.4) is 0 Å². The Labute approximate surface area is 114 Å². The molecule has 1 atom stereocenters. The molecule has 0 aliphatic heterocycles. The number of anilines is 1. The van der Waals surface area contributed by atoms with E-state index in [1.807, 2.05) is 13.8 Å². The van der Waals surface area contributed by atoms with Gasteiger partial charge in [0.1, 0.15) is 0 Å². The molecule has 0 aromatic heterocycles. The van der Waals surface area contributed by atoms with E-state index in [4.69, 9.17) is 17.3 Å². The van der Waals surface area contributed by atoms with Gasteiger partial charge in [0.2, 0.25) is 10.0 Å². The van der Waals surface area contributed by atoms with E-state index >= 15 is 0 Å². The number of nitrogens with one attached hydrogen (secondary N) is 1. The van der Waals surface area contributed by atoms with Crippen molar-refractivity contribution < 1.29 is 8.42 Å². The standard InChI is InChI=1S/C12H19ClN2O2S/c1-4-5-9(3)15-18(16,17)10-6-8(2)12(13)11(14)7-10/h6-7,9,15H,4-5,14H2,1-3H3. The molecule has 1 unspecified atom stereocenters. The van der Waals surface area contributed by atoms with Gasteiger partial charge >= 0.3 is 0 Å². The molecule has 1 aromatic carbocycles. The van der Waals surface area contributed by atoms with Crippen molar-refractivity contribution in [1.82, 2.24) is 4.72 Å². The lowest BCUT2D eigenvalue weighted by Crippen LogP contribution is -2.32. The predicted octanol–water partition coefficient (Wildman–Crippen LogP) is 2.70. The predicted molar refractivity (Wildman–Crippen MR) is 75.3 cm³/mol. The van der Waals surface area contributed by atoms with E-state index in [0.717, 1.165) is 12.8 Å². The van der Waals surface area contributed by atoms with Crippen LogP contribution in [0.15, 0.2) is 17.0 Å². The molecule has 0 fully saturated rings. The van der Waals surface area contributed by atoms with Gasteiger partial charge in [-0.1, -0.05) is 24.9 Å². The first-order valence-corrected chi connectivity index (χ1v) is 7.72. The van der Waals surface area contributed by atoms with Crippen molar-refractivity contribution in [2.75, 3.05) is 5.73 Å². The number of hydrogen-bond acceptors (Lipinski definition) is 3. The van der Waals surface area contributed by atoms with Crippen LogP contribution in [0.2, 0.25) is 5.02 Å². The highest BCUT2D eigenvalue weighted by Gasteiger charge is 2.18. The van der Waals surface area contributed by atoms with E-state index in [1.165, 1.54) is 12.1 Å². The summed E-state index contributed by atoms with van der Waals surface area (Å²) in [6.45, 7) is 5.58. The molecule has 0 saturated carbocycles. The van der Waals surface area contributed by atoms with Crippen LogP contribution in [-0.2, 0) is 10.0 Å². The van der Waals surface area contributed by atoms with E-state index in [9.17, 15) is 8.42 Å². The zero-order valence-electron chi connectivity index (χ0n) is 10.8. The molecule has 1 aromatic rings. The van der Waals surface area contributed by atoms with Gasteiger partial charge in [0, 0.05) is 6.04 Å². The van der Waals surface area contributed by atoms with Crippen molar-refractivity contribution in [3.63, 3.8) is 0 Å². The number of halogens is 1. The zero-order chi connectivity index (χ0) is 13.9. The smallest absolute Gasteiger partial charge is 0.240 e. The third-order valence-electron chi connectivity index (χ3n) is 2.64. The molecular formula is C12H19ClN2O2S. The molecular weight excluding hydrogens is 272 g/mol. The van der Waals surface area contributed by atoms with Gasteiger partial charge in [0.05, 0.1) is 15.6 Å². The summed E-state index contributed by atoms with van der Waals surface area (Å²) in [4.78, 5) is 0.157. The van der Waals surface area contributed by atoms with Crippen LogP contribution in [0.1, 0.15) is 32.3 Å². The van der Waals surface area contributed by atoms with Crippen molar-refractivity contribution >= 4 is 27.3 Å². The number of nitrogen functional groups attached to an aromatic ring is 1. The van der Waals surface area contributed by atoms with E-state index in [1.54, 1.807) is 6.92 Å². The first-order valence-electron chi connectivity index (χ1n) is 5.86. The summed E-state index contributed by atoms with van der Waals surface area (Å²) in [5.74, 6) is 0. The van der Waals surface area contributed by atoms with Crippen molar-refractivity contribution in [2.24, 2.45) is 0 Å². The quantitative estimate of drug-likeness (QED) is 0.819. The lowest BCUT2D eigenvalue weighted by Gasteiger charge is -2.14. The second kappa shape index (κ2) is 5.91. The fraction of sp³-hybridized carbons (Fsp3) is 0.500. The van der Waals surface area contributed by atoms with Crippen molar-refractivity contribution in [2.45, 2.75) is 44.6 Å². The Kier molecular flexibility index (Phi) is 5.01. The molecule has 0 spiro atoms. The monoisotopic (exact) mass is 290 g/mol. The molecule has 1 rings (SSSR count). The van der Waals surface area contributed by atoms with Crippen LogP contribution in [-0.4, -0.2) is 14.5 Å². The maximum absolute atomic E-state index is 12.1. The Hall–Kier alpha value is -0.780. The third-order valence-corrected chi connectivity index (χ3v) is 4.73. The van der Waals surface area contributed by atoms with Gasteiger partial charge in [0.15, 0.2) is 0 Å². The molecule has 4 nitrogen and oxygen atoms in total. The minimum Gasteiger partial charge on any atom is -0.397 e. The molecule has 0 aliphatic carbocycles. The van der Waals surface area contributed by atoms with Crippen molar-refractivity contribution in [3.8, 4) is 0 Å². The van der Waals surface area contributed by atoms with Gasteiger partial charge in [-0.2, -0.15) is 0 Å². The summed E-state index contributed by atoms with van der Waals surface area (Å²) >= 11 is 5.91. The van der Waals surface area contributed by atoms with Crippen LogP contribution in [0.5, 0.6) is 0 Å². The summed E-state index contributed by atoms with van der Waals surface area (Å²) in [5, 5.41) is 0.399.